The first-order chi connectivity index (χ1) is 19.7. The molecule has 4 aromatic rings. The van der Waals surface area contributed by atoms with Crippen LogP contribution in [0, 0.1) is 10.1 Å². The lowest BCUT2D eigenvalue weighted by atomic mass is 10.0. The van der Waals surface area contributed by atoms with Crippen LogP contribution in [0.25, 0.3) is 11.1 Å². The number of amides is 2. The molecule has 11 heteroatoms. The predicted molar refractivity (Wildman–Crippen MR) is 156 cm³/mol. The second kappa shape index (κ2) is 13.4. The number of nitrogens with zero attached hydrogens (tertiary/aromatic N) is 2. The Bertz CT molecular complexity index is 1620. The number of nitro benzene ring substituents is 1. The first kappa shape index (κ1) is 29.0. The van der Waals surface area contributed by atoms with E-state index in [1.807, 2.05) is 30.3 Å². The molecule has 0 saturated carbocycles. The molecular weight excluding hydrogens is 548 g/mol. The summed E-state index contributed by atoms with van der Waals surface area (Å²) in [6.45, 7) is 2.09. The third-order valence-electron chi connectivity index (χ3n) is 6.24. The zero-order chi connectivity index (χ0) is 29.4. The quantitative estimate of drug-likeness (QED) is 0.183. The maximum atomic E-state index is 13.5. The average molecular weight is 575 g/mol. The normalized spacial score (nSPS) is 11.4. The van der Waals surface area contributed by atoms with Gasteiger partial charge in [-0.1, -0.05) is 54.1 Å². The van der Waals surface area contributed by atoms with E-state index >= 15 is 0 Å². The van der Waals surface area contributed by atoms with E-state index in [0.29, 0.717) is 11.3 Å². The number of nitro groups is 1. The van der Waals surface area contributed by atoms with Crippen molar-refractivity contribution in [2.24, 2.45) is 0 Å². The molecule has 2 amide bonds. The fourth-order valence-corrected chi connectivity index (χ4v) is 4.49. The number of halogens is 1. The lowest BCUT2D eigenvalue weighted by Gasteiger charge is -2.20. The number of carbonyl (C=O) groups is 2. The molecule has 0 spiro atoms. The van der Waals surface area contributed by atoms with Crippen molar-refractivity contribution >= 4 is 35.0 Å². The zero-order valence-corrected chi connectivity index (χ0v) is 22.8. The average Bonchev–Trinajstić information content (AvgIpc) is 2.95. The summed E-state index contributed by atoms with van der Waals surface area (Å²) < 4.78 is 6.21. The third kappa shape index (κ3) is 7.58. The number of pyridine rings is 1. The highest BCUT2D eigenvalue weighted by Crippen LogP contribution is 2.32. The minimum Gasteiger partial charge on any atom is -0.450 e. The van der Waals surface area contributed by atoms with Crippen molar-refractivity contribution < 1.29 is 19.2 Å². The van der Waals surface area contributed by atoms with Gasteiger partial charge in [0.1, 0.15) is 6.04 Å². The summed E-state index contributed by atoms with van der Waals surface area (Å²) in [6, 6.07) is 22.2. The molecule has 1 heterocycles. The lowest BCUT2D eigenvalue weighted by molar-refractivity contribution is -0.384. The molecule has 0 aliphatic carbocycles. The Morgan fingerprint density at radius 2 is 1.76 bits per heavy atom. The lowest BCUT2D eigenvalue weighted by Crippen LogP contribution is -2.38. The standard InChI is InChI=1S/C30H27ClN4O6/c1-2-41-30(38)33-24-10-6-9-21(15-24)19-32-29(37)27(16-20-7-4-3-5-8-20)34-14-13-22(17-28(34)36)25-18-23(31)11-12-26(25)35(39)40/h3-15,17-18,27H,2,16,19H2,1H3,(H,32,37)(H,33,38). The number of aromatic nitrogens is 1. The fraction of sp³-hybridized carbons (Fsp3) is 0.167. The van der Waals surface area contributed by atoms with Gasteiger partial charge in [0.25, 0.3) is 11.2 Å². The van der Waals surface area contributed by atoms with Crippen LogP contribution in [0.4, 0.5) is 16.2 Å². The van der Waals surface area contributed by atoms with Crippen LogP contribution in [0.3, 0.4) is 0 Å². The van der Waals surface area contributed by atoms with Crippen molar-refractivity contribution in [2.45, 2.75) is 25.9 Å². The van der Waals surface area contributed by atoms with Crippen LogP contribution in [0.1, 0.15) is 24.1 Å². The molecule has 0 aliphatic heterocycles. The first-order valence-corrected chi connectivity index (χ1v) is 13.1. The van der Waals surface area contributed by atoms with Gasteiger partial charge < -0.3 is 14.6 Å². The molecular formula is C30H27ClN4O6. The highest BCUT2D eigenvalue weighted by atomic mass is 35.5. The number of ether oxygens (including phenoxy) is 1. The number of nitrogens with one attached hydrogen (secondary N) is 2. The number of rotatable bonds is 10. The molecule has 1 aromatic heterocycles. The summed E-state index contributed by atoms with van der Waals surface area (Å²) >= 11 is 6.07. The summed E-state index contributed by atoms with van der Waals surface area (Å²) in [4.78, 5) is 49.6. The van der Waals surface area contributed by atoms with Crippen molar-refractivity contribution in [3.05, 3.63) is 128 Å². The molecule has 0 aliphatic rings. The Hall–Kier alpha value is -4.96. The van der Waals surface area contributed by atoms with Crippen LogP contribution in [0.5, 0.6) is 0 Å². The van der Waals surface area contributed by atoms with E-state index in [1.165, 1.54) is 35.0 Å². The van der Waals surface area contributed by atoms with Crippen molar-refractivity contribution in [1.29, 1.82) is 0 Å². The van der Waals surface area contributed by atoms with Gasteiger partial charge in [0.2, 0.25) is 5.91 Å². The van der Waals surface area contributed by atoms with Gasteiger partial charge in [-0.2, -0.15) is 0 Å². The van der Waals surface area contributed by atoms with E-state index in [-0.39, 0.29) is 35.8 Å². The summed E-state index contributed by atoms with van der Waals surface area (Å²) in [6.07, 6.45) is 1.11. The highest BCUT2D eigenvalue weighted by molar-refractivity contribution is 6.31. The monoisotopic (exact) mass is 574 g/mol. The number of carbonyl (C=O) groups excluding carboxylic acids is 2. The van der Waals surface area contributed by atoms with Gasteiger partial charge in [0.05, 0.1) is 17.1 Å². The molecule has 1 atom stereocenters. The molecule has 0 bridgehead atoms. The van der Waals surface area contributed by atoms with E-state index in [9.17, 15) is 24.5 Å². The van der Waals surface area contributed by atoms with Gasteiger partial charge in [-0.25, -0.2) is 4.79 Å². The van der Waals surface area contributed by atoms with Gasteiger partial charge in [-0.3, -0.25) is 25.0 Å². The second-order valence-electron chi connectivity index (χ2n) is 9.05. The Balaban J connectivity index is 1.60. The molecule has 10 nitrogen and oxygen atoms in total. The van der Waals surface area contributed by atoms with E-state index in [0.717, 1.165) is 11.1 Å². The number of anilines is 1. The fourth-order valence-electron chi connectivity index (χ4n) is 4.32. The third-order valence-corrected chi connectivity index (χ3v) is 6.48. The van der Waals surface area contributed by atoms with Crippen molar-refractivity contribution in [3.8, 4) is 11.1 Å². The van der Waals surface area contributed by atoms with E-state index in [4.69, 9.17) is 16.3 Å². The Morgan fingerprint density at radius 1 is 1.00 bits per heavy atom. The van der Waals surface area contributed by atoms with Crippen LogP contribution in [-0.4, -0.2) is 28.1 Å². The molecule has 0 fully saturated rings. The van der Waals surface area contributed by atoms with Gasteiger partial charge >= 0.3 is 6.09 Å². The van der Waals surface area contributed by atoms with Gasteiger partial charge in [-0.05, 0) is 53.9 Å². The van der Waals surface area contributed by atoms with Crippen LogP contribution in [-0.2, 0) is 22.5 Å². The van der Waals surface area contributed by atoms with Crippen LogP contribution < -0.4 is 16.2 Å². The molecule has 0 radical (unpaired) electrons. The number of hydrogen-bond donors (Lipinski definition) is 2. The van der Waals surface area contributed by atoms with Crippen molar-refractivity contribution in [1.82, 2.24) is 9.88 Å². The molecule has 1 unspecified atom stereocenters. The van der Waals surface area contributed by atoms with Crippen LogP contribution in [0.2, 0.25) is 5.02 Å². The van der Waals surface area contributed by atoms with Crippen molar-refractivity contribution in [2.75, 3.05) is 11.9 Å². The second-order valence-corrected chi connectivity index (χ2v) is 9.49. The largest absolute Gasteiger partial charge is 0.450 e. The molecule has 210 valence electrons. The smallest absolute Gasteiger partial charge is 0.411 e. The van der Waals surface area contributed by atoms with E-state index < -0.39 is 28.5 Å². The zero-order valence-electron chi connectivity index (χ0n) is 22.1. The van der Waals surface area contributed by atoms with E-state index in [1.54, 1.807) is 37.3 Å². The summed E-state index contributed by atoms with van der Waals surface area (Å²) in [7, 11) is 0. The number of hydrogen-bond acceptors (Lipinski definition) is 6. The predicted octanol–water partition coefficient (Wildman–Crippen LogP) is 5.75. The minimum absolute atomic E-state index is 0.143. The highest BCUT2D eigenvalue weighted by Gasteiger charge is 2.23. The van der Waals surface area contributed by atoms with Crippen molar-refractivity contribution in [3.63, 3.8) is 0 Å². The Kier molecular flexibility index (Phi) is 9.49. The van der Waals surface area contributed by atoms with Crippen LogP contribution in [0.15, 0.2) is 95.9 Å². The van der Waals surface area contributed by atoms with Gasteiger partial charge in [0, 0.05) is 42.0 Å². The number of benzene rings is 3. The molecule has 0 saturated heterocycles. The minimum atomic E-state index is -0.908. The van der Waals surface area contributed by atoms with E-state index in [2.05, 4.69) is 10.6 Å². The molecule has 4 rings (SSSR count). The summed E-state index contributed by atoms with van der Waals surface area (Å²) in [5.74, 6) is -0.402. The maximum Gasteiger partial charge on any atom is 0.411 e. The first-order valence-electron chi connectivity index (χ1n) is 12.8. The molecule has 3 aromatic carbocycles. The van der Waals surface area contributed by atoms with Gasteiger partial charge in [-0.15, -0.1) is 0 Å². The Morgan fingerprint density at radius 3 is 2.46 bits per heavy atom. The maximum absolute atomic E-state index is 13.5. The summed E-state index contributed by atoms with van der Waals surface area (Å²) in [5.41, 5.74) is 1.89. The molecule has 2 N–H and O–H groups in total. The Labute approximate surface area is 240 Å². The van der Waals surface area contributed by atoms with Crippen LogP contribution >= 0.6 is 11.6 Å². The molecule has 41 heavy (non-hydrogen) atoms. The summed E-state index contributed by atoms with van der Waals surface area (Å²) in [5, 5.41) is 17.3. The topological polar surface area (TPSA) is 133 Å². The van der Waals surface area contributed by atoms with Gasteiger partial charge in [0.15, 0.2) is 0 Å². The SMILES string of the molecule is CCOC(=O)Nc1cccc(CNC(=O)C(Cc2ccccc2)n2ccc(-c3cc(Cl)ccc3[N+](=O)[O-])cc2=O)c1.